The van der Waals surface area contributed by atoms with E-state index >= 15 is 0 Å². The number of carbonyl (C=O) groups is 1. The number of hydrogen-bond acceptors (Lipinski definition) is 12. The molecule has 208 valence electrons. The predicted molar refractivity (Wildman–Crippen MR) is 138 cm³/mol. The quantitative estimate of drug-likeness (QED) is 0.242. The van der Waals surface area contributed by atoms with Gasteiger partial charge in [-0.25, -0.2) is 19.5 Å². The minimum atomic E-state index is -4.23. The molecule has 1 aliphatic rings. The molecule has 2 aromatic heterocycles. The average molecular weight is 560 g/mol. The van der Waals surface area contributed by atoms with Gasteiger partial charge in [-0.3, -0.25) is 13.9 Å². The summed E-state index contributed by atoms with van der Waals surface area (Å²) in [5, 5.41) is 23.7. The SMILES string of the molecule is CC(C)OC(=O)[C@@H](C)NP(=O)(OC[C@H]1O[C@@H](n2cnc3c(N)ncnc32)[C@](C)(C#N)[C@@H]1O)Oc1ccccc1. The van der Waals surface area contributed by atoms with Gasteiger partial charge < -0.3 is 24.8 Å². The van der Waals surface area contributed by atoms with Crippen molar-refractivity contribution in [2.45, 2.75) is 58.3 Å². The molecule has 0 aliphatic carbocycles. The van der Waals surface area contributed by atoms with Gasteiger partial charge in [-0.2, -0.15) is 10.3 Å². The van der Waals surface area contributed by atoms with Crippen LogP contribution in [0, 0.1) is 16.7 Å². The third kappa shape index (κ3) is 5.88. The zero-order chi connectivity index (χ0) is 28.4. The van der Waals surface area contributed by atoms with Crippen LogP contribution in [-0.4, -0.2) is 61.6 Å². The molecule has 4 rings (SSSR count). The fourth-order valence-electron chi connectivity index (χ4n) is 4.07. The van der Waals surface area contributed by atoms with Crippen molar-refractivity contribution in [3.05, 3.63) is 43.0 Å². The van der Waals surface area contributed by atoms with Crippen molar-refractivity contribution in [3.8, 4) is 11.8 Å². The Bertz CT molecular complexity index is 1410. The molecule has 0 amide bonds. The van der Waals surface area contributed by atoms with Crippen LogP contribution in [0.4, 0.5) is 5.82 Å². The molecule has 1 aliphatic heterocycles. The van der Waals surface area contributed by atoms with Crippen molar-refractivity contribution in [1.29, 1.82) is 5.26 Å². The zero-order valence-electron chi connectivity index (χ0n) is 21.8. The Morgan fingerprint density at radius 2 is 2.03 bits per heavy atom. The van der Waals surface area contributed by atoms with Crippen LogP contribution in [0.25, 0.3) is 11.2 Å². The molecule has 14 nitrogen and oxygen atoms in total. The van der Waals surface area contributed by atoms with E-state index in [9.17, 15) is 19.7 Å². The molecule has 1 aromatic carbocycles. The molecule has 15 heteroatoms. The van der Waals surface area contributed by atoms with Crippen LogP contribution in [0.5, 0.6) is 5.75 Å². The van der Waals surface area contributed by atoms with Crippen LogP contribution in [0.3, 0.4) is 0 Å². The molecule has 1 unspecified atom stereocenters. The number of carbonyl (C=O) groups excluding carboxylic acids is 1. The number of aromatic nitrogens is 4. The summed E-state index contributed by atoms with van der Waals surface area (Å²) in [6.45, 7) is 5.89. The lowest BCUT2D eigenvalue weighted by atomic mass is 9.84. The molecule has 1 fully saturated rings. The monoisotopic (exact) mass is 559 g/mol. The Balaban J connectivity index is 1.57. The second-order valence-corrected chi connectivity index (χ2v) is 11.2. The van der Waals surface area contributed by atoms with Crippen LogP contribution < -0.4 is 15.3 Å². The first kappa shape index (κ1) is 28.4. The molecular formula is C24H30N7O7P. The van der Waals surface area contributed by atoms with E-state index in [1.165, 1.54) is 31.1 Å². The topological polar surface area (TPSA) is 197 Å². The number of nitriles is 1. The largest absolute Gasteiger partial charge is 0.462 e. The zero-order valence-corrected chi connectivity index (χ0v) is 22.7. The Labute approximate surface area is 224 Å². The minimum Gasteiger partial charge on any atom is -0.462 e. The fourth-order valence-corrected chi connectivity index (χ4v) is 5.57. The van der Waals surface area contributed by atoms with Crippen molar-refractivity contribution >= 4 is 30.7 Å². The molecule has 1 saturated heterocycles. The summed E-state index contributed by atoms with van der Waals surface area (Å²) < 4.78 is 37.8. The molecule has 0 spiro atoms. The maximum atomic E-state index is 13.8. The van der Waals surface area contributed by atoms with Gasteiger partial charge in [0.2, 0.25) is 0 Å². The van der Waals surface area contributed by atoms with Gasteiger partial charge in [0, 0.05) is 0 Å². The van der Waals surface area contributed by atoms with E-state index in [0.717, 1.165) is 0 Å². The Morgan fingerprint density at radius 3 is 2.69 bits per heavy atom. The summed E-state index contributed by atoms with van der Waals surface area (Å²) in [4.78, 5) is 24.7. The highest BCUT2D eigenvalue weighted by Gasteiger charge is 2.55. The number of aliphatic hydroxyl groups is 1. The highest BCUT2D eigenvalue weighted by molar-refractivity contribution is 7.52. The number of imidazole rings is 1. The lowest BCUT2D eigenvalue weighted by Gasteiger charge is -2.26. The molecule has 0 bridgehead atoms. The Morgan fingerprint density at radius 1 is 1.31 bits per heavy atom. The van der Waals surface area contributed by atoms with Crippen LogP contribution >= 0.6 is 7.75 Å². The molecule has 3 heterocycles. The van der Waals surface area contributed by atoms with Gasteiger partial charge in [0.1, 0.15) is 41.3 Å². The number of nitrogen functional groups attached to an aromatic ring is 1. The normalized spacial score (nSPS) is 25.2. The lowest BCUT2D eigenvalue weighted by Crippen LogP contribution is -2.39. The van der Waals surface area contributed by atoms with Crippen molar-refractivity contribution < 1.29 is 33.0 Å². The number of fused-ring (bicyclic) bond motifs is 1. The lowest BCUT2D eigenvalue weighted by molar-refractivity contribution is -0.149. The maximum Gasteiger partial charge on any atom is 0.459 e. The Kier molecular flexibility index (Phi) is 8.20. The van der Waals surface area contributed by atoms with Crippen LogP contribution in [0.1, 0.15) is 33.9 Å². The number of hydrogen-bond donors (Lipinski definition) is 3. The van der Waals surface area contributed by atoms with Crippen molar-refractivity contribution in [1.82, 2.24) is 24.6 Å². The van der Waals surface area contributed by atoms with Gasteiger partial charge in [-0.1, -0.05) is 18.2 Å². The van der Waals surface area contributed by atoms with E-state index in [0.29, 0.717) is 11.2 Å². The summed E-state index contributed by atoms with van der Waals surface area (Å²) in [7, 11) is -4.23. The van der Waals surface area contributed by atoms with Crippen molar-refractivity contribution in [2.75, 3.05) is 12.3 Å². The number of para-hydroxylation sites is 1. The highest BCUT2D eigenvalue weighted by Crippen LogP contribution is 2.49. The van der Waals surface area contributed by atoms with Gasteiger partial charge in [0.05, 0.1) is 25.1 Å². The summed E-state index contributed by atoms with van der Waals surface area (Å²) in [5.41, 5.74) is 5.02. The van der Waals surface area contributed by atoms with Crippen LogP contribution in [-0.2, 0) is 23.4 Å². The average Bonchev–Trinajstić information content (AvgIpc) is 3.43. The summed E-state index contributed by atoms with van der Waals surface area (Å²) >= 11 is 0. The van der Waals surface area contributed by atoms with Gasteiger partial charge >= 0.3 is 13.7 Å². The number of anilines is 1. The summed E-state index contributed by atoms with van der Waals surface area (Å²) in [6.07, 6.45) is -1.30. The molecule has 4 N–H and O–H groups in total. The Hall–Kier alpha value is -3.60. The van der Waals surface area contributed by atoms with E-state index in [1.54, 1.807) is 44.2 Å². The molecule has 39 heavy (non-hydrogen) atoms. The number of benzene rings is 1. The number of esters is 1. The minimum absolute atomic E-state index is 0.144. The molecule has 3 aromatic rings. The smallest absolute Gasteiger partial charge is 0.459 e. The first-order valence-electron chi connectivity index (χ1n) is 12.1. The van der Waals surface area contributed by atoms with E-state index < -0.39 is 50.2 Å². The third-order valence-corrected chi connectivity index (χ3v) is 7.74. The van der Waals surface area contributed by atoms with Crippen LogP contribution in [0.15, 0.2) is 43.0 Å². The van der Waals surface area contributed by atoms with E-state index in [4.69, 9.17) is 24.3 Å². The summed E-state index contributed by atoms with van der Waals surface area (Å²) in [6, 6.07) is 9.28. The van der Waals surface area contributed by atoms with Crippen molar-refractivity contribution in [3.63, 3.8) is 0 Å². The van der Waals surface area contributed by atoms with E-state index in [1.807, 2.05) is 0 Å². The molecule has 0 saturated carbocycles. The van der Waals surface area contributed by atoms with Gasteiger partial charge in [-0.15, -0.1) is 0 Å². The highest BCUT2D eigenvalue weighted by atomic mass is 31.2. The fraction of sp³-hybridized carbons (Fsp3) is 0.458. The number of ether oxygens (including phenoxy) is 2. The number of nitrogens with zero attached hydrogens (tertiary/aromatic N) is 5. The summed E-state index contributed by atoms with van der Waals surface area (Å²) in [5.74, 6) is -0.299. The van der Waals surface area contributed by atoms with Gasteiger partial charge in [-0.05, 0) is 39.8 Å². The van der Waals surface area contributed by atoms with Gasteiger partial charge in [0.25, 0.3) is 0 Å². The van der Waals surface area contributed by atoms with Crippen molar-refractivity contribution in [2.24, 2.45) is 5.41 Å². The molecule has 0 radical (unpaired) electrons. The number of aliphatic hydroxyl groups excluding tert-OH is 1. The first-order chi connectivity index (χ1) is 18.5. The molecular weight excluding hydrogens is 529 g/mol. The van der Waals surface area contributed by atoms with Gasteiger partial charge in [0.15, 0.2) is 17.7 Å². The first-order valence-corrected chi connectivity index (χ1v) is 13.7. The van der Waals surface area contributed by atoms with E-state index in [-0.39, 0.29) is 17.7 Å². The third-order valence-electron chi connectivity index (χ3n) is 6.10. The second kappa shape index (κ2) is 11.3. The number of nitrogens with two attached hydrogens (primary N) is 1. The number of rotatable bonds is 10. The maximum absolute atomic E-state index is 13.8. The van der Waals surface area contributed by atoms with E-state index in [2.05, 4.69) is 26.1 Å². The standard InChI is InChI=1S/C24H30N7O7P/c1-14(2)36-22(33)15(3)30-39(34,38-16-8-6-5-7-9-16)35-10-17-19(32)24(4,11-25)23(37-17)31-13-29-18-20(26)27-12-28-21(18)31/h5-9,12-15,17,19,23,32H,10H2,1-4H3,(H,30,34)(H2,26,27,28)/t15-,17-,19-,23-,24-,39?/m1/s1. The van der Waals surface area contributed by atoms with Crippen LogP contribution in [0.2, 0.25) is 0 Å². The molecule has 6 atom stereocenters. The number of nitrogens with one attached hydrogen (secondary N) is 1. The predicted octanol–water partition coefficient (Wildman–Crippen LogP) is 2.33. The second-order valence-electron chi connectivity index (χ2n) is 9.48.